The fraction of sp³-hybridized carbons (Fsp3) is 0.333. The molecular formula is C12H16N2. The highest BCUT2D eigenvalue weighted by Crippen LogP contribution is 2.29. The minimum Gasteiger partial charge on any atom is -0.398 e. The lowest BCUT2D eigenvalue weighted by molar-refractivity contribution is 1.11. The second kappa shape index (κ2) is 3.05. The Morgan fingerprint density at radius 1 is 1.29 bits per heavy atom. The molecule has 2 heteroatoms. The van der Waals surface area contributed by atoms with Crippen LogP contribution in [0.5, 0.6) is 0 Å². The fourth-order valence-corrected chi connectivity index (χ4v) is 2.10. The van der Waals surface area contributed by atoms with Crippen LogP contribution in [-0.4, -0.2) is 4.98 Å². The van der Waals surface area contributed by atoms with Crippen molar-refractivity contribution in [2.45, 2.75) is 27.2 Å². The van der Waals surface area contributed by atoms with Gasteiger partial charge < -0.3 is 10.7 Å². The number of hydrogen-bond acceptors (Lipinski definition) is 1. The first-order chi connectivity index (χ1) is 6.65. The van der Waals surface area contributed by atoms with Crippen LogP contribution in [0.1, 0.15) is 23.7 Å². The van der Waals surface area contributed by atoms with Crippen LogP contribution in [0.2, 0.25) is 0 Å². The van der Waals surface area contributed by atoms with Crippen LogP contribution in [0.3, 0.4) is 0 Å². The van der Waals surface area contributed by atoms with E-state index in [0.717, 1.165) is 12.1 Å². The SMILES string of the molecule is CCc1c(C)[nH]c2c(C)ccc(N)c12. The van der Waals surface area contributed by atoms with Crippen molar-refractivity contribution in [3.63, 3.8) is 0 Å². The summed E-state index contributed by atoms with van der Waals surface area (Å²) in [5, 5.41) is 1.21. The number of rotatable bonds is 1. The molecule has 14 heavy (non-hydrogen) atoms. The molecule has 0 fully saturated rings. The molecular weight excluding hydrogens is 172 g/mol. The molecule has 0 saturated carbocycles. The monoisotopic (exact) mass is 188 g/mol. The van der Waals surface area contributed by atoms with E-state index >= 15 is 0 Å². The molecule has 0 spiro atoms. The molecule has 0 unspecified atom stereocenters. The van der Waals surface area contributed by atoms with Crippen molar-refractivity contribution in [1.29, 1.82) is 0 Å². The van der Waals surface area contributed by atoms with Crippen LogP contribution in [-0.2, 0) is 6.42 Å². The lowest BCUT2D eigenvalue weighted by Crippen LogP contribution is -1.89. The Balaban J connectivity index is 2.93. The van der Waals surface area contributed by atoms with Crippen molar-refractivity contribution < 1.29 is 0 Å². The Kier molecular flexibility index (Phi) is 1.99. The third-order valence-corrected chi connectivity index (χ3v) is 2.87. The molecule has 0 aliphatic heterocycles. The standard InChI is InChI=1S/C12H16N2/c1-4-9-8(3)14-12-7(2)5-6-10(13)11(9)12/h5-6,14H,4,13H2,1-3H3. The zero-order chi connectivity index (χ0) is 10.3. The van der Waals surface area contributed by atoms with Crippen LogP contribution in [0.25, 0.3) is 10.9 Å². The average Bonchev–Trinajstić information content (AvgIpc) is 2.50. The molecule has 1 aromatic heterocycles. The summed E-state index contributed by atoms with van der Waals surface area (Å²) < 4.78 is 0. The maximum absolute atomic E-state index is 5.99. The first kappa shape index (κ1) is 9.13. The summed E-state index contributed by atoms with van der Waals surface area (Å²) >= 11 is 0. The highest BCUT2D eigenvalue weighted by molar-refractivity contribution is 5.96. The van der Waals surface area contributed by atoms with E-state index in [1.54, 1.807) is 0 Å². The molecule has 3 N–H and O–H groups in total. The van der Waals surface area contributed by atoms with E-state index < -0.39 is 0 Å². The number of aromatic amines is 1. The summed E-state index contributed by atoms with van der Waals surface area (Å²) in [6.07, 6.45) is 1.03. The van der Waals surface area contributed by atoms with Gasteiger partial charge in [0.15, 0.2) is 0 Å². The minimum absolute atomic E-state index is 0.881. The molecule has 2 nitrogen and oxygen atoms in total. The highest BCUT2D eigenvalue weighted by atomic mass is 14.7. The van der Waals surface area contributed by atoms with Crippen LogP contribution in [0, 0.1) is 13.8 Å². The molecule has 74 valence electrons. The third kappa shape index (κ3) is 1.10. The van der Waals surface area contributed by atoms with E-state index in [1.807, 2.05) is 6.07 Å². The van der Waals surface area contributed by atoms with Gasteiger partial charge in [0, 0.05) is 16.8 Å². The quantitative estimate of drug-likeness (QED) is 0.664. The van der Waals surface area contributed by atoms with Gasteiger partial charge in [-0.15, -0.1) is 0 Å². The number of hydrogen-bond donors (Lipinski definition) is 2. The molecule has 0 atom stereocenters. The van der Waals surface area contributed by atoms with Crippen molar-refractivity contribution in [3.05, 3.63) is 29.0 Å². The van der Waals surface area contributed by atoms with Gasteiger partial charge in [-0.1, -0.05) is 13.0 Å². The molecule has 1 heterocycles. The molecule has 0 aliphatic rings. The summed E-state index contributed by atoms with van der Waals surface area (Å²) in [7, 11) is 0. The summed E-state index contributed by atoms with van der Waals surface area (Å²) in [6, 6.07) is 4.05. The molecule has 2 aromatic rings. The zero-order valence-electron chi connectivity index (χ0n) is 8.94. The smallest absolute Gasteiger partial charge is 0.0509 e. The van der Waals surface area contributed by atoms with Gasteiger partial charge in [-0.3, -0.25) is 0 Å². The number of aromatic nitrogens is 1. The van der Waals surface area contributed by atoms with Gasteiger partial charge in [-0.2, -0.15) is 0 Å². The van der Waals surface area contributed by atoms with E-state index in [9.17, 15) is 0 Å². The number of H-pyrrole nitrogens is 1. The van der Waals surface area contributed by atoms with Crippen LogP contribution in [0.15, 0.2) is 12.1 Å². The topological polar surface area (TPSA) is 41.8 Å². The van der Waals surface area contributed by atoms with Gasteiger partial charge in [0.25, 0.3) is 0 Å². The summed E-state index contributed by atoms with van der Waals surface area (Å²) in [5.41, 5.74) is 11.9. The van der Waals surface area contributed by atoms with Gasteiger partial charge in [0.2, 0.25) is 0 Å². The van der Waals surface area contributed by atoms with Crippen molar-refractivity contribution >= 4 is 16.6 Å². The zero-order valence-corrected chi connectivity index (χ0v) is 8.94. The molecule has 0 amide bonds. The van der Waals surface area contributed by atoms with E-state index in [1.165, 1.54) is 27.7 Å². The average molecular weight is 188 g/mol. The van der Waals surface area contributed by atoms with Crippen LogP contribution in [0.4, 0.5) is 5.69 Å². The Hall–Kier alpha value is -1.44. The van der Waals surface area contributed by atoms with Crippen molar-refractivity contribution in [3.8, 4) is 0 Å². The number of nitrogens with one attached hydrogen (secondary N) is 1. The predicted molar refractivity (Wildman–Crippen MR) is 61.6 cm³/mol. The normalized spacial score (nSPS) is 11.1. The molecule has 0 aliphatic carbocycles. The maximum Gasteiger partial charge on any atom is 0.0509 e. The fourth-order valence-electron chi connectivity index (χ4n) is 2.10. The lowest BCUT2D eigenvalue weighted by atomic mass is 10.0. The molecule has 1 aromatic carbocycles. The predicted octanol–water partition coefficient (Wildman–Crippen LogP) is 2.93. The van der Waals surface area contributed by atoms with E-state index in [2.05, 4.69) is 31.8 Å². The number of nitrogen functional groups attached to an aromatic ring is 1. The van der Waals surface area contributed by atoms with Crippen molar-refractivity contribution in [1.82, 2.24) is 4.98 Å². The molecule has 2 rings (SSSR count). The van der Waals surface area contributed by atoms with Crippen LogP contribution >= 0.6 is 0 Å². The Morgan fingerprint density at radius 3 is 2.64 bits per heavy atom. The Labute approximate surface area is 84.1 Å². The number of nitrogens with two attached hydrogens (primary N) is 1. The van der Waals surface area contributed by atoms with Gasteiger partial charge >= 0.3 is 0 Å². The van der Waals surface area contributed by atoms with Gasteiger partial charge in [-0.05, 0) is 37.5 Å². The number of anilines is 1. The van der Waals surface area contributed by atoms with Crippen molar-refractivity contribution in [2.24, 2.45) is 0 Å². The summed E-state index contributed by atoms with van der Waals surface area (Å²) in [5.74, 6) is 0. The van der Waals surface area contributed by atoms with Gasteiger partial charge in [0.05, 0.1) is 5.52 Å². The number of benzene rings is 1. The molecule has 0 saturated heterocycles. The highest BCUT2D eigenvalue weighted by Gasteiger charge is 2.10. The Bertz CT molecular complexity index is 481. The maximum atomic E-state index is 5.99. The van der Waals surface area contributed by atoms with Gasteiger partial charge in [0.1, 0.15) is 0 Å². The first-order valence-electron chi connectivity index (χ1n) is 5.01. The number of fused-ring (bicyclic) bond motifs is 1. The first-order valence-corrected chi connectivity index (χ1v) is 5.01. The van der Waals surface area contributed by atoms with Gasteiger partial charge in [-0.25, -0.2) is 0 Å². The van der Waals surface area contributed by atoms with Crippen LogP contribution < -0.4 is 5.73 Å². The second-order valence-corrected chi connectivity index (χ2v) is 3.80. The van der Waals surface area contributed by atoms with E-state index in [-0.39, 0.29) is 0 Å². The summed E-state index contributed by atoms with van der Waals surface area (Å²) in [6.45, 7) is 6.38. The van der Waals surface area contributed by atoms with E-state index in [0.29, 0.717) is 0 Å². The molecule has 0 radical (unpaired) electrons. The minimum atomic E-state index is 0.881. The largest absolute Gasteiger partial charge is 0.398 e. The number of aryl methyl sites for hydroxylation is 3. The summed E-state index contributed by atoms with van der Waals surface area (Å²) in [4.78, 5) is 3.41. The Morgan fingerprint density at radius 2 is 2.00 bits per heavy atom. The second-order valence-electron chi connectivity index (χ2n) is 3.80. The third-order valence-electron chi connectivity index (χ3n) is 2.87. The van der Waals surface area contributed by atoms with Crippen molar-refractivity contribution in [2.75, 3.05) is 5.73 Å². The lowest BCUT2D eigenvalue weighted by Gasteiger charge is -2.01. The molecule has 0 bridgehead atoms. The van der Waals surface area contributed by atoms with E-state index in [4.69, 9.17) is 5.73 Å².